The maximum Gasteiger partial charge on any atom is 0.233 e. The molecule has 0 unspecified atom stereocenters. The van der Waals surface area contributed by atoms with Gasteiger partial charge in [-0.15, -0.1) is 0 Å². The Hall–Kier alpha value is -0.650. The van der Waals surface area contributed by atoms with Crippen LogP contribution in [0, 0.1) is 0 Å². The number of rotatable bonds is 3. The minimum absolute atomic E-state index is 0.0888. The average Bonchev–Trinajstić information content (AvgIpc) is 2.47. The van der Waals surface area contributed by atoms with E-state index >= 15 is 0 Å². The van der Waals surface area contributed by atoms with Gasteiger partial charge in [-0.25, -0.2) is 0 Å². The topological polar surface area (TPSA) is 70.6 Å². The van der Waals surface area contributed by atoms with Gasteiger partial charge in [-0.2, -0.15) is 0 Å². The van der Waals surface area contributed by atoms with Crippen LogP contribution in [0.4, 0.5) is 0 Å². The van der Waals surface area contributed by atoms with E-state index in [1.165, 1.54) is 0 Å². The molecule has 0 radical (unpaired) electrons. The summed E-state index contributed by atoms with van der Waals surface area (Å²) in [7, 11) is 1.57. The molecule has 1 aliphatic heterocycles. The molecular formula is C7H14N2O3. The van der Waals surface area contributed by atoms with Crippen LogP contribution < -0.4 is 10.6 Å². The molecule has 5 heteroatoms. The molecule has 12 heavy (non-hydrogen) atoms. The van der Waals surface area contributed by atoms with Crippen molar-refractivity contribution in [2.75, 3.05) is 26.8 Å². The molecule has 3 N–H and O–H groups in total. The monoisotopic (exact) mass is 174 g/mol. The highest BCUT2D eigenvalue weighted by Gasteiger charge is 2.25. The zero-order valence-electron chi connectivity index (χ0n) is 7.04. The van der Waals surface area contributed by atoms with E-state index in [9.17, 15) is 9.90 Å². The summed E-state index contributed by atoms with van der Waals surface area (Å²) in [5, 5.41) is 14.6. The third-order valence-electron chi connectivity index (χ3n) is 1.85. The number of hydrogen-bond donors (Lipinski definition) is 3. The van der Waals surface area contributed by atoms with Crippen molar-refractivity contribution in [1.29, 1.82) is 0 Å². The molecule has 0 aromatic heterocycles. The molecule has 5 nitrogen and oxygen atoms in total. The van der Waals surface area contributed by atoms with E-state index in [0.717, 1.165) is 0 Å². The minimum Gasteiger partial charge on any atom is -0.389 e. The summed E-state index contributed by atoms with van der Waals surface area (Å²) < 4.78 is 4.99. The lowest BCUT2D eigenvalue weighted by atomic mass is 10.2. The first-order chi connectivity index (χ1) is 5.74. The van der Waals surface area contributed by atoms with Crippen LogP contribution >= 0.6 is 0 Å². The molecule has 1 heterocycles. The highest BCUT2D eigenvalue weighted by Crippen LogP contribution is 2.03. The van der Waals surface area contributed by atoms with Crippen LogP contribution in [0.15, 0.2) is 0 Å². The quantitative estimate of drug-likeness (QED) is 0.466. The molecule has 0 aromatic rings. The lowest BCUT2D eigenvalue weighted by Crippen LogP contribution is -2.43. The standard InChI is InChI=1S/C7H14N2O3/c1-8-7(11)2-9-5-3-12-4-6(5)10/h5-6,9-10H,2-4H2,1H3,(H,8,11)/t5-,6-/m1/s1. The van der Waals surface area contributed by atoms with Gasteiger partial charge in [-0.1, -0.05) is 0 Å². The van der Waals surface area contributed by atoms with Crippen molar-refractivity contribution in [2.24, 2.45) is 0 Å². The van der Waals surface area contributed by atoms with Crippen LogP contribution in [0.25, 0.3) is 0 Å². The van der Waals surface area contributed by atoms with Crippen molar-refractivity contribution >= 4 is 5.91 Å². The van der Waals surface area contributed by atoms with E-state index in [1.807, 2.05) is 0 Å². The molecule has 0 saturated carbocycles. The third-order valence-corrected chi connectivity index (χ3v) is 1.85. The van der Waals surface area contributed by atoms with Gasteiger partial charge in [0.2, 0.25) is 5.91 Å². The summed E-state index contributed by atoms with van der Waals surface area (Å²) >= 11 is 0. The molecule has 1 saturated heterocycles. The zero-order chi connectivity index (χ0) is 8.97. The maximum absolute atomic E-state index is 10.8. The first-order valence-corrected chi connectivity index (χ1v) is 3.94. The van der Waals surface area contributed by atoms with Gasteiger partial charge < -0.3 is 20.5 Å². The third kappa shape index (κ3) is 2.44. The molecule has 0 bridgehead atoms. The lowest BCUT2D eigenvalue weighted by Gasteiger charge is -2.13. The number of nitrogens with one attached hydrogen (secondary N) is 2. The summed E-state index contributed by atoms with van der Waals surface area (Å²) in [5.41, 5.74) is 0. The Labute approximate surface area is 71.1 Å². The molecule has 1 amide bonds. The predicted octanol–water partition coefficient (Wildman–Crippen LogP) is -1.92. The SMILES string of the molecule is CNC(=O)CN[C@@H]1COC[C@H]1O. The van der Waals surface area contributed by atoms with E-state index in [4.69, 9.17) is 4.74 Å². The number of aliphatic hydroxyl groups is 1. The van der Waals surface area contributed by atoms with Crippen LogP contribution in [-0.4, -0.2) is 50.0 Å². The molecule has 1 fully saturated rings. The maximum atomic E-state index is 10.8. The van der Waals surface area contributed by atoms with Crippen molar-refractivity contribution < 1.29 is 14.6 Å². The van der Waals surface area contributed by atoms with Crippen molar-refractivity contribution in [3.8, 4) is 0 Å². The van der Waals surface area contributed by atoms with Gasteiger partial charge in [0.1, 0.15) is 0 Å². The smallest absolute Gasteiger partial charge is 0.233 e. The Kier molecular flexibility index (Phi) is 3.46. The zero-order valence-corrected chi connectivity index (χ0v) is 7.04. The Bertz CT molecular complexity index is 163. The summed E-state index contributed by atoms with van der Waals surface area (Å²) in [6.07, 6.45) is -0.491. The van der Waals surface area contributed by atoms with Crippen LogP contribution in [0.1, 0.15) is 0 Å². The second-order valence-electron chi connectivity index (χ2n) is 2.77. The summed E-state index contributed by atoms with van der Waals surface area (Å²) in [6.45, 7) is 1.05. The van der Waals surface area contributed by atoms with E-state index in [1.54, 1.807) is 7.05 Å². The Morgan fingerprint density at radius 3 is 2.92 bits per heavy atom. The molecule has 1 rings (SSSR count). The van der Waals surface area contributed by atoms with Gasteiger partial charge in [-0.05, 0) is 0 Å². The van der Waals surface area contributed by atoms with E-state index in [0.29, 0.717) is 13.2 Å². The number of amides is 1. The number of carbonyl (C=O) groups is 1. The lowest BCUT2D eigenvalue weighted by molar-refractivity contribution is -0.119. The highest BCUT2D eigenvalue weighted by atomic mass is 16.5. The van der Waals surface area contributed by atoms with Crippen LogP contribution in [0.5, 0.6) is 0 Å². The van der Waals surface area contributed by atoms with Crippen molar-refractivity contribution in [3.63, 3.8) is 0 Å². The second-order valence-corrected chi connectivity index (χ2v) is 2.77. The predicted molar refractivity (Wildman–Crippen MR) is 42.7 cm³/mol. The number of carbonyl (C=O) groups excluding carboxylic acids is 1. The summed E-state index contributed by atoms with van der Waals surface area (Å²) in [4.78, 5) is 10.8. The molecule has 0 aromatic carbocycles. The number of likely N-dealkylation sites (N-methyl/N-ethyl adjacent to an activating group) is 1. The van der Waals surface area contributed by atoms with Crippen LogP contribution in [0.3, 0.4) is 0 Å². The van der Waals surface area contributed by atoms with Crippen LogP contribution in [-0.2, 0) is 9.53 Å². The Morgan fingerprint density at radius 1 is 1.67 bits per heavy atom. The van der Waals surface area contributed by atoms with Gasteiger partial charge in [0.05, 0.1) is 31.9 Å². The number of hydrogen-bond acceptors (Lipinski definition) is 4. The van der Waals surface area contributed by atoms with Crippen molar-refractivity contribution in [1.82, 2.24) is 10.6 Å². The fraction of sp³-hybridized carbons (Fsp3) is 0.857. The fourth-order valence-electron chi connectivity index (χ4n) is 1.05. The first-order valence-electron chi connectivity index (χ1n) is 3.94. The molecule has 0 spiro atoms. The molecule has 0 aliphatic carbocycles. The second kappa shape index (κ2) is 4.39. The van der Waals surface area contributed by atoms with Gasteiger partial charge in [0.25, 0.3) is 0 Å². The first kappa shape index (κ1) is 9.44. The number of ether oxygens (including phenoxy) is 1. The van der Waals surface area contributed by atoms with Gasteiger partial charge in [0, 0.05) is 7.05 Å². The van der Waals surface area contributed by atoms with Crippen molar-refractivity contribution in [2.45, 2.75) is 12.1 Å². The van der Waals surface area contributed by atoms with Gasteiger partial charge in [-0.3, -0.25) is 4.79 Å². The normalized spacial score (nSPS) is 28.8. The summed E-state index contributed by atoms with van der Waals surface area (Å²) in [6, 6.07) is -0.109. The van der Waals surface area contributed by atoms with E-state index < -0.39 is 6.10 Å². The largest absolute Gasteiger partial charge is 0.389 e. The van der Waals surface area contributed by atoms with Gasteiger partial charge in [0.15, 0.2) is 0 Å². The molecule has 2 atom stereocenters. The van der Waals surface area contributed by atoms with Crippen molar-refractivity contribution in [3.05, 3.63) is 0 Å². The number of aliphatic hydroxyl groups excluding tert-OH is 1. The van der Waals surface area contributed by atoms with Crippen LogP contribution in [0.2, 0.25) is 0 Å². The van der Waals surface area contributed by atoms with E-state index in [2.05, 4.69) is 10.6 Å². The fourth-order valence-corrected chi connectivity index (χ4v) is 1.05. The summed E-state index contributed by atoms with van der Waals surface area (Å²) in [5.74, 6) is -0.0888. The van der Waals surface area contributed by atoms with Gasteiger partial charge >= 0.3 is 0 Å². The molecule has 70 valence electrons. The van der Waals surface area contributed by atoms with E-state index in [-0.39, 0.29) is 18.5 Å². The molecular weight excluding hydrogens is 160 g/mol. The highest BCUT2D eigenvalue weighted by molar-refractivity contribution is 5.77. The molecule has 1 aliphatic rings. The Morgan fingerprint density at radius 2 is 2.42 bits per heavy atom. The minimum atomic E-state index is -0.491. The average molecular weight is 174 g/mol. The Balaban J connectivity index is 2.18.